The van der Waals surface area contributed by atoms with E-state index in [-0.39, 0.29) is 12.3 Å². The van der Waals surface area contributed by atoms with Gasteiger partial charge in [-0.05, 0) is 17.0 Å². The van der Waals surface area contributed by atoms with Crippen LogP contribution < -0.4 is 4.90 Å². The number of pyridine rings is 1. The standard InChI is InChI=1S/C10H12N2OS/c1-8(14)6-10(13)12(2)9-4-3-5-11-7-9/h3-5,7,14H,1,6H2,2H3. The van der Waals surface area contributed by atoms with E-state index >= 15 is 0 Å². The molecule has 1 aromatic rings. The van der Waals surface area contributed by atoms with Crippen molar-refractivity contribution in [1.82, 2.24) is 4.98 Å². The van der Waals surface area contributed by atoms with Crippen LogP contribution in [-0.2, 0) is 4.79 Å². The molecule has 0 bridgehead atoms. The van der Waals surface area contributed by atoms with Crippen molar-refractivity contribution >= 4 is 24.2 Å². The Morgan fingerprint density at radius 2 is 2.43 bits per heavy atom. The van der Waals surface area contributed by atoms with E-state index in [0.717, 1.165) is 5.69 Å². The van der Waals surface area contributed by atoms with Crippen molar-refractivity contribution < 1.29 is 4.79 Å². The summed E-state index contributed by atoms with van der Waals surface area (Å²) in [7, 11) is 1.70. The fourth-order valence-corrected chi connectivity index (χ4v) is 1.12. The molecule has 0 radical (unpaired) electrons. The summed E-state index contributed by atoms with van der Waals surface area (Å²) >= 11 is 3.99. The van der Waals surface area contributed by atoms with E-state index in [1.54, 1.807) is 25.5 Å². The summed E-state index contributed by atoms with van der Waals surface area (Å²) in [5.41, 5.74) is 0.770. The topological polar surface area (TPSA) is 33.2 Å². The van der Waals surface area contributed by atoms with Crippen LogP contribution in [0.5, 0.6) is 0 Å². The van der Waals surface area contributed by atoms with Gasteiger partial charge in [0.1, 0.15) is 0 Å². The highest BCUT2D eigenvalue weighted by Crippen LogP contribution is 2.13. The van der Waals surface area contributed by atoms with Crippen molar-refractivity contribution in [2.45, 2.75) is 6.42 Å². The number of hydrogen-bond acceptors (Lipinski definition) is 3. The van der Waals surface area contributed by atoms with Gasteiger partial charge in [-0.2, -0.15) is 0 Å². The van der Waals surface area contributed by atoms with E-state index in [4.69, 9.17) is 0 Å². The fraction of sp³-hybridized carbons (Fsp3) is 0.200. The molecule has 0 aromatic carbocycles. The van der Waals surface area contributed by atoms with Gasteiger partial charge in [0, 0.05) is 13.2 Å². The highest BCUT2D eigenvalue weighted by Gasteiger charge is 2.10. The lowest BCUT2D eigenvalue weighted by Gasteiger charge is -2.16. The zero-order valence-corrected chi connectivity index (χ0v) is 8.87. The molecular weight excluding hydrogens is 196 g/mol. The molecule has 14 heavy (non-hydrogen) atoms. The molecule has 0 aliphatic heterocycles. The summed E-state index contributed by atoms with van der Waals surface area (Å²) in [6, 6.07) is 3.61. The number of hydrogen-bond donors (Lipinski definition) is 1. The summed E-state index contributed by atoms with van der Waals surface area (Å²) in [6.45, 7) is 3.57. The summed E-state index contributed by atoms with van der Waals surface area (Å²) in [5.74, 6) is -0.0435. The van der Waals surface area contributed by atoms with Crippen LogP contribution in [0.2, 0.25) is 0 Å². The van der Waals surface area contributed by atoms with Gasteiger partial charge in [-0.3, -0.25) is 9.78 Å². The minimum Gasteiger partial charge on any atom is -0.314 e. The average Bonchev–Trinajstić information content (AvgIpc) is 2.17. The van der Waals surface area contributed by atoms with Gasteiger partial charge in [-0.1, -0.05) is 6.58 Å². The van der Waals surface area contributed by atoms with Crippen molar-refractivity contribution in [3.05, 3.63) is 36.0 Å². The third kappa shape index (κ3) is 2.88. The number of anilines is 1. The molecule has 0 N–H and O–H groups in total. The maximum atomic E-state index is 11.5. The lowest BCUT2D eigenvalue weighted by molar-refractivity contribution is -0.117. The Hall–Kier alpha value is -1.29. The van der Waals surface area contributed by atoms with E-state index in [0.29, 0.717) is 4.91 Å². The first-order chi connectivity index (χ1) is 6.61. The summed E-state index contributed by atoms with van der Waals surface area (Å²) in [4.78, 5) is 17.6. The summed E-state index contributed by atoms with van der Waals surface area (Å²) < 4.78 is 0. The van der Waals surface area contributed by atoms with E-state index in [9.17, 15) is 4.79 Å². The number of carbonyl (C=O) groups is 1. The van der Waals surface area contributed by atoms with Gasteiger partial charge in [0.15, 0.2) is 0 Å². The minimum atomic E-state index is -0.0435. The van der Waals surface area contributed by atoms with Crippen LogP contribution in [0.3, 0.4) is 0 Å². The molecule has 3 nitrogen and oxygen atoms in total. The lowest BCUT2D eigenvalue weighted by atomic mass is 10.3. The smallest absolute Gasteiger partial charge is 0.231 e. The van der Waals surface area contributed by atoms with E-state index < -0.39 is 0 Å². The second-order valence-electron chi connectivity index (χ2n) is 2.91. The number of rotatable bonds is 3. The molecule has 0 aliphatic rings. The van der Waals surface area contributed by atoms with Crippen LogP contribution in [0.25, 0.3) is 0 Å². The maximum Gasteiger partial charge on any atom is 0.231 e. The van der Waals surface area contributed by atoms with Crippen LogP contribution in [0.4, 0.5) is 5.69 Å². The number of amides is 1. The Morgan fingerprint density at radius 1 is 1.71 bits per heavy atom. The monoisotopic (exact) mass is 208 g/mol. The first-order valence-corrected chi connectivity index (χ1v) is 4.59. The largest absolute Gasteiger partial charge is 0.314 e. The average molecular weight is 208 g/mol. The van der Waals surface area contributed by atoms with Crippen molar-refractivity contribution in [3.8, 4) is 0 Å². The molecule has 1 rings (SSSR count). The quantitative estimate of drug-likeness (QED) is 0.769. The number of thiol groups is 1. The molecule has 0 saturated carbocycles. The first-order valence-electron chi connectivity index (χ1n) is 4.14. The molecule has 0 atom stereocenters. The van der Waals surface area contributed by atoms with Crippen LogP contribution >= 0.6 is 12.6 Å². The number of nitrogens with zero attached hydrogens (tertiary/aromatic N) is 2. The van der Waals surface area contributed by atoms with Gasteiger partial charge >= 0.3 is 0 Å². The molecule has 1 aromatic heterocycles. The molecule has 4 heteroatoms. The second kappa shape index (κ2) is 4.81. The molecule has 74 valence electrons. The zero-order valence-electron chi connectivity index (χ0n) is 7.97. The Kier molecular flexibility index (Phi) is 3.71. The number of aromatic nitrogens is 1. The van der Waals surface area contributed by atoms with Crippen LogP contribution in [-0.4, -0.2) is 17.9 Å². The van der Waals surface area contributed by atoms with Crippen molar-refractivity contribution in [1.29, 1.82) is 0 Å². The third-order valence-electron chi connectivity index (χ3n) is 1.76. The van der Waals surface area contributed by atoms with Gasteiger partial charge in [0.25, 0.3) is 0 Å². The van der Waals surface area contributed by atoms with Gasteiger partial charge in [-0.15, -0.1) is 12.6 Å². The predicted octanol–water partition coefficient (Wildman–Crippen LogP) is 1.88. The lowest BCUT2D eigenvalue weighted by Crippen LogP contribution is -2.25. The summed E-state index contributed by atoms with van der Waals surface area (Å²) in [5, 5.41) is 0. The molecule has 1 heterocycles. The normalized spacial score (nSPS) is 9.57. The van der Waals surface area contributed by atoms with Crippen molar-refractivity contribution in [3.63, 3.8) is 0 Å². The SMILES string of the molecule is C=C(S)CC(=O)N(C)c1cccnc1. The molecule has 0 spiro atoms. The van der Waals surface area contributed by atoms with Crippen LogP contribution in [0, 0.1) is 0 Å². The van der Waals surface area contributed by atoms with Crippen molar-refractivity contribution in [2.24, 2.45) is 0 Å². The van der Waals surface area contributed by atoms with Gasteiger partial charge in [0.05, 0.1) is 18.3 Å². The van der Waals surface area contributed by atoms with Crippen LogP contribution in [0.15, 0.2) is 36.0 Å². The predicted molar refractivity (Wildman–Crippen MR) is 60.4 cm³/mol. The summed E-state index contributed by atoms with van der Waals surface area (Å²) in [6.07, 6.45) is 3.55. The highest BCUT2D eigenvalue weighted by molar-refractivity contribution is 7.84. The zero-order chi connectivity index (χ0) is 10.6. The molecule has 0 saturated heterocycles. The minimum absolute atomic E-state index is 0.0435. The first kappa shape index (κ1) is 10.8. The van der Waals surface area contributed by atoms with E-state index in [2.05, 4.69) is 24.2 Å². The number of carbonyl (C=O) groups excluding carboxylic acids is 1. The van der Waals surface area contributed by atoms with Crippen molar-refractivity contribution in [2.75, 3.05) is 11.9 Å². The molecular formula is C10H12N2OS. The Labute approximate surface area is 88.9 Å². The van der Waals surface area contributed by atoms with Gasteiger partial charge in [0.2, 0.25) is 5.91 Å². The maximum absolute atomic E-state index is 11.5. The van der Waals surface area contributed by atoms with Crippen LogP contribution in [0.1, 0.15) is 6.42 Å². The molecule has 0 fully saturated rings. The Bertz CT molecular complexity index is 337. The Balaban J connectivity index is 2.71. The fourth-order valence-electron chi connectivity index (χ4n) is 0.989. The second-order valence-corrected chi connectivity index (χ2v) is 3.54. The van der Waals surface area contributed by atoms with Gasteiger partial charge < -0.3 is 4.90 Å². The Morgan fingerprint density at radius 3 is 2.93 bits per heavy atom. The molecule has 0 unspecified atom stereocenters. The molecule has 1 amide bonds. The van der Waals surface area contributed by atoms with Gasteiger partial charge in [-0.25, -0.2) is 0 Å². The van der Waals surface area contributed by atoms with E-state index in [1.165, 1.54) is 4.90 Å². The molecule has 0 aliphatic carbocycles. The van der Waals surface area contributed by atoms with E-state index in [1.807, 2.05) is 6.07 Å². The third-order valence-corrected chi connectivity index (χ3v) is 1.92. The highest BCUT2D eigenvalue weighted by atomic mass is 32.1.